The van der Waals surface area contributed by atoms with Gasteiger partial charge in [-0.2, -0.15) is 5.10 Å². The zero-order valence-corrected chi connectivity index (χ0v) is 10.2. The molecule has 1 heterocycles. The Morgan fingerprint density at radius 1 is 1.53 bits per heavy atom. The van der Waals surface area contributed by atoms with E-state index < -0.39 is 0 Å². The van der Waals surface area contributed by atoms with E-state index in [-0.39, 0.29) is 5.54 Å². The van der Waals surface area contributed by atoms with Crippen LogP contribution in [-0.4, -0.2) is 15.3 Å². The Morgan fingerprint density at radius 3 is 2.73 bits per heavy atom. The van der Waals surface area contributed by atoms with Crippen LogP contribution in [0, 0.1) is 6.92 Å². The van der Waals surface area contributed by atoms with E-state index in [1.807, 2.05) is 17.0 Å². The molecule has 1 N–H and O–H groups in total. The maximum absolute atomic E-state index is 4.31. The van der Waals surface area contributed by atoms with Crippen LogP contribution in [0.3, 0.4) is 0 Å². The predicted molar refractivity (Wildman–Crippen MR) is 63.8 cm³/mol. The fourth-order valence-electron chi connectivity index (χ4n) is 1.33. The summed E-state index contributed by atoms with van der Waals surface area (Å²) in [7, 11) is 0. The van der Waals surface area contributed by atoms with Gasteiger partial charge in [0.05, 0.1) is 12.7 Å². The van der Waals surface area contributed by atoms with Gasteiger partial charge in [0, 0.05) is 23.3 Å². The van der Waals surface area contributed by atoms with E-state index >= 15 is 0 Å². The third kappa shape index (κ3) is 3.51. The molecule has 0 bridgehead atoms. The Balaban J connectivity index is 2.66. The first-order valence-electron chi connectivity index (χ1n) is 5.31. The van der Waals surface area contributed by atoms with Gasteiger partial charge < -0.3 is 5.32 Å². The molecule has 0 aromatic carbocycles. The number of nitrogens with zero attached hydrogens (tertiary/aromatic N) is 2. The zero-order valence-electron chi connectivity index (χ0n) is 10.2. The minimum atomic E-state index is 0.146. The largest absolute Gasteiger partial charge is 0.308 e. The molecule has 0 amide bonds. The Bertz CT molecular complexity index is 331. The molecule has 0 atom stereocenters. The number of allylic oxidation sites excluding steroid dienone is 1. The maximum Gasteiger partial charge on any atom is 0.0590 e. The van der Waals surface area contributed by atoms with Crippen molar-refractivity contribution in [3.63, 3.8) is 0 Å². The highest BCUT2D eigenvalue weighted by molar-refractivity contribution is 5.16. The highest BCUT2D eigenvalue weighted by Crippen LogP contribution is 2.09. The molecular formula is C12H21N3. The van der Waals surface area contributed by atoms with Crippen molar-refractivity contribution >= 4 is 0 Å². The van der Waals surface area contributed by atoms with Crippen molar-refractivity contribution in [3.05, 3.63) is 30.1 Å². The second-order valence-electron chi connectivity index (χ2n) is 4.83. The van der Waals surface area contributed by atoms with E-state index in [9.17, 15) is 0 Å². The van der Waals surface area contributed by atoms with Crippen LogP contribution in [0.1, 0.15) is 32.0 Å². The lowest BCUT2D eigenvalue weighted by atomic mass is 10.1. The summed E-state index contributed by atoms with van der Waals surface area (Å²) < 4.78 is 1.96. The van der Waals surface area contributed by atoms with E-state index in [0.717, 1.165) is 13.1 Å². The molecule has 1 aromatic rings. The standard InChI is InChI=1S/C12H21N3/c1-6-7-15-10(2)11(9-14-15)8-13-12(3,4)5/h6,9,13H,1,7-8H2,2-5H3. The first-order valence-corrected chi connectivity index (χ1v) is 5.31. The van der Waals surface area contributed by atoms with E-state index in [2.05, 4.69) is 44.7 Å². The molecule has 0 saturated carbocycles. The molecule has 3 nitrogen and oxygen atoms in total. The number of rotatable bonds is 4. The molecule has 0 radical (unpaired) electrons. The Hall–Kier alpha value is -1.09. The molecule has 84 valence electrons. The molecule has 0 saturated heterocycles. The third-order valence-electron chi connectivity index (χ3n) is 2.32. The van der Waals surface area contributed by atoms with Crippen molar-refractivity contribution in [1.29, 1.82) is 0 Å². The van der Waals surface area contributed by atoms with Crippen LogP contribution in [0.25, 0.3) is 0 Å². The van der Waals surface area contributed by atoms with E-state index in [0.29, 0.717) is 0 Å². The highest BCUT2D eigenvalue weighted by Gasteiger charge is 2.11. The maximum atomic E-state index is 4.31. The molecule has 3 heteroatoms. The zero-order chi connectivity index (χ0) is 11.5. The van der Waals surface area contributed by atoms with Crippen LogP contribution in [0.4, 0.5) is 0 Å². The number of nitrogens with one attached hydrogen (secondary N) is 1. The summed E-state index contributed by atoms with van der Waals surface area (Å²) in [5, 5.41) is 7.77. The monoisotopic (exact) mass is 207 g/mol. The summed E-state index contributed by atoms with van der Waals surface area (Å²) in [6.45, 7) is 13.9. The van der Waals surface area contributed by atoms with Crippen molar-refractivity contribution in [2.45, 2.75) is 46.3 Å². The van der Waals surface area contributed by atoms with E-state index in [1.165, 1.54) is 11.3 Å². The normalized spacial score (nSPS) is 11.7. The summed E-state index contributed by atoms with van der Waals surface area (Å²) in [4.78, 5) is 0. The van der Waals surface area contributed by atoms with Crippen LogP contribution < -0.4 is 5.32 Å². The summed E-state index contributed by atoms with van der Waals surface area (Å²) in [5.74, 6) is 0. The Labute approximate surface area is 92.2 Å². The van der Waals surface area contributed by atoms with Crippen LogP contribution in [0.15, 0.2) is 18.9 Å². The molecule has 0 aliphatic heterocycles. The van der Waals surface area contributed by atoms with Crippen molar-refractivity contribution in [1.82, 2.24) is 15.1 Å². The highest BCUT2D eigenvalue weighted by atomic mass is 15.3. The lowest BCUT2D eigenvalue weighted by molar-refractivity contribution is 0.423. The van der Waals surface area contributed by atoms with Gasteiger partial charge in [-0.15, -0.1) is 6.58 Å². The summed E-state index contributed by atoms with van der Waals surface area (Å²) in [5.41, 5.74) is 2.62. The van der Waals surface area contributed by atoms with Crippen molar-refractivity contribution in [2.24, 2.45) is 0 Å². The average molecular weight is 207 g/mol. The molecule has 0 fully saturated rings. The minimum Gasteiger partial charge on any atom is -0.308 e. The topological polar surface area (TPSA) is 29.9 Å². The smallest absolute Gasteiger partial charge is 0.0590 e. The summed E-state index contributed by atoms with van der Waals surface area (Å²) in [6.07, 6.45) is 3.79. The molecule has 0 spiro atoms. The predicted octanol–water partition coefficient (Wildman–Crippen LogP) is 2.27. The Kier molecular flexibility index (Phi) is 3.69. The van der Waals surface area contributed by atoms with Gasteiger partial charge in [-0.1, -0.05) is 6.08 Å². The SMILES string of the molecule is C=CCn1ncc(CNC(C)(C)C)c1C. The fraction of sp³-hybridized carbons (Fsp3) is 0.583. The van der Waals surface area contributed by atoms with E-state index in [4.69, 9.17) is 0 Å². The number of aromatic nitrogens is 2. The number of hydrogen-bond donors (Lipinski definition) is 1. The van der Waals surface area contributed by atoms with Gasteiger partial charge >= 0.3 is 0 Å². The quantitative estimate of drug-likeness (QED) is 0.768. The Morgan fingerprint density at radius 2 is 2.20 bits per heavy atom. The van der Waals surface area contributed by atoms with Gasteiger partial charge in [0.25, 0.3) is 0 Å². The molecule has 1 aromatic heterocycles. The second-order valence-corrected chi connectivity index (χ2v) is 4.83. The van der Waals surface area contributed by atoms with Crippen LogP contribution >= 0.6 is 0 Å². The van der Waals surface area contributed by atoms with Gasteiger partial charge in [-0.3, -0.25) is 4.68 Å². The first-order chi connectivity index (χ1) is 6.94. The first kappa shape index (κ1) is 12.0. The second kappa shape index (κ2) is 4.62. The molecule has 15 heavy (non-hydrogen) atoms. The van der Waals surface area contributed by atoms with Gasteiger partial charge in [0.1, 0.15) is 0 Å². The molecule has 0 aliphatic carbocycles. The third-order valence-corrected chi connectivity index (χ3v) is 2.32. The number of hydrogen-bond acceptors (Lipinski definition) is 2. The van der Waals surface area contributed by atoms with E-state index in [1.54, 1.807) is 0 Å². The lowest BCUT2D eigenvalue weighted by Crippen LogP contribution is -2.35. The van der Waals surface area contributed by atoms with Crippen molar-refractivity contribution in [3.8, 4) is 0 Å². The minimum absolute atomic E-state index is 0.146. The van der Waals surface area contributed by atoms with Gasteiger partial charge in [-0.05, 0) is 27.7 Å². The van der Waals surface area contributed by atoms with Crippen molar-refractivity contribution in [2.75, 3.05) is 0 Å². The summed E-state index contributed by atoms with van der Waals surface area (Å²) in [6, 6.07) is 0. The molecule has 1 rings (SSSR count). The summed E-state index contributed by atoms with van der Waals surface area (Å²) >= 11 is 0. The van der Waals surface area contributed by atoms with Crippen LogP contribution in [-0.2, 0) is 13.1 Å². The molecular weight excluding hydrogens is 186 g/mol. The van der Waals surface area contributed by atoms with Gasteiger partial charge in [0.2, 0.25) is 0 Å². The van der Waals surface area contributed by atoms with Gasteiger partial charge in [0.15, 0.2) is 0 Å². The molecule has 0 aliphatic rings. The average Bonchev–Trinajstić information content (AvgIpc) is 2.45. The fourth-order valence-corrected chi connectivity index (χ4v) is 1.33. The molecule has 0 unspecified atom stereocenters. The van der Waals surface area contributed by atoms with Crippen molar-refractivity contribution < 1.29 is 0 Å². The van der Waals surface area contributed by atoms with Gasteiger partial charge in [-0.25, -0.2) is 0 Å². The lowest BCUT2D eigenvalue weighted by Gasteiger charge is -2.20. The van der Waals surface area contributed by atoms with Crippen LogP contribution in [0.2, 0.25) is 0 Å². The van der Waals surface area contributed by atoms with Crippen LogP contribution in [0.5, 0.6) is 0 Å².